The third-order valence-electron chi connectivity index (χ3n) is 11.5. The van der Waals surface area contributed by atoms with Crippen molar-refractivity contribution >= 4 is 77.7 Å². The molecule has 0 radical (unpaired) electrons. The van der Waals surface area contributed by atoms with Crippen molar-refractivity contribution in [3.8, 4) is 0 Å². The number of hydrogen-bond acceptors (Lipinski definition) is 4. The number of allylic oxidation sites excluding steroid dienone is 4. The van der Waals surface area contributed by atoms with Gasteiger partial charge in [-0.25, -0.2) is 4.99 Å². The predicted molar refractivity (Wildman–Crippen MR) is 243 cm³/mol. The average Bonchev–Trinajstić information content (AvgIpc) is 3.69. The van der Waals surface area contributed by atoms with Crippen LogP contribution in [0.15, 0.2) is 210 Å². The lowest BCUT2D eigenvalue weighted by Gasteiger charge is -2.27. The fourth-order valence-electron chi connectivity index (χ4n) is 8.76. The van der Waals surface area contributed by atoms with Crippen LogP contribution < -0.4 is 10.2 Å². The van der Waals surface area contributed by atoms with Crippen LogP contribution >= 0.6 is 0 Å². The molecule has 0 saturated carbocycles. The van der Waals surface area contributed by atoms with E-state index in [1.54, 1.807) is 0 Å². The first-order valence-corrected chi connectivity index (χ1v) is 20.0. The van der Waals surface area contributed by atoms with Gasteiger partial charge in [0.15, 0.2) is 0 Å². The molecule has 1 aromatic heterocycles. The molecule has 1 aliphatic carbocycles. The number of nitrogens with one attached hydrogen (secondary N) is 1. The molecule has 8 aromatic carbocycles. The quantitative estimate of drug-likeness (QED) is 0.177. The largest absolute Gasteiger partial charge is 0.456 e. The molecule has 2 heterocycles. The minimum Gasteiger partial charge on any atom is -0.456 e. The molecule has 0 amide bonds. The van der Waals surface area contributed by atoms with E-state index < -0.39 is 0 Å². The highest BCUT2D eigenvalue weighted by atomic mass is 16.3. The van der Waals surface area contributed by atoms with E-state index in [2.05, 4.69) is 210 Å². The second-order valence-electron chi connectivity index (χ2n) is 15.1. The van der Waals surface area contributed by atoms with E-state index in [-0.39, 0.29) is 6.04 Å². The van der Waals surface area contributed by atoms with Crippen molar-refractivity contribution in [3.05, 3.63) is 222 Å². The highest BCUT2D eigenvalue weighted by Gasteiger charge is 2.26. The Kier molecular flexibility index (Phi) is 8.32. The first kappa shape index (κ1) is 33.9. The second-order valence-corrected chi connectivity index (χ2v) is 15.1. The molecule has 2 aliphatic rings. The van der Waals surface area contributed by atoms with Gasteiger partial charge in [-0.15, -0.1) is 0 Å². The molecule has 9 aromatic rings. The topological polar surface area (TPSA) is 40.8 Å². The van der Waals surface area contributed by atoms with Gasteiger partial charge < -0.3 is 14.6 Å². The fourth-order valence-corrected chi connectivity index (χ4v) is 8.76. The normalized spacial score (nSPS) is 15.3. The highest BCUT2D eigenvalue weighted by Crippen LogP contribution is 2.46. The van der Waals surface area contributed by atoms with E-state index in [4.69, 9.17) is 9.41 Å². The molecular weight excluding hydrogens is 707 g/mol. The van der Waals surface area contributed by atoms with Gasteiger partial charge in [0.25, 0.3) is 0 Å². The SMILES string of the molecule is C1=CCCC(c2cccc(C3C=C(c4ccccc4)N=C(c4cccc5oc6cc(N(c7ccccc7)c7ccc8ccccc8c7)c7ccccc7c6c45)N3)c2)=C1. The molecular formula is C54H39N3O. The Hall–Kier alpha value is -7.43. The number of rotatable bonds is 7. The smallest absolute Gasteiger partial charge is 0.138 e. The van der Waals surface area contributed by atoms with Gasteiger partial charge >= 0.3 is 0 Å². The Labute approximate surface area is 337 Å². The first-order chi connectivity index (χ1) is 28.7. The molecule has 276 valence electrons. The third-order valence-corrected chi connectivity index (χ3v) is 11.5. The maximum absolute atomic E-state index is 6.89. The average molecular weight is 746 g/mol. The summed E-state index contributed by atoms with van der Waals surface area (Å²) in [5.41, 5.74) is 11.7. The maximum Gasteiger partial charge on any atom is 0.138 e. The molecule has 1 unspecified atom stereocenters. The summed E-state index contributed by atoms with van der Waals surface area (Å²) in [5, 5.41) is 10.7. The van der Waals surface area contributed by atoms with Crippen molar-refractivity contribution in [2.45, 2.75) is 18.9 Å². The van der Waals surface area contributed by atoms with Crippen molar-refractivity contribution in [3.63, 3.8) is 0 Å². The molecule has 11 rings (SSSR count). The summed E-state index contributed by atoms with van der Waals surface area (Å²) in [7, 11) is 0. The van der Waals surface area contributed by atoms with Gasteiger partial charge in [0.2, 0.25) is 0 Å². The summed E-state index contributed by atoms with van der Waals surface area (Å²) in [6, 6.07) is 62.5. The van der Waals surface area contributed by atoms with Gasteiger partial charge in [-0.05, 0) is 93.7 Å². The Bertz CT molecular complexity index is 3150. The van der Waals surface area contributed by atoms with Crippen molar-refractivity contribution in [1.29, 1.82) is 0 Å². The predicted octanol–water partition coefficient (Wildman–Crippen LogP) is 14.2. The molecule has 0 bridgehead atoms. The Morgan fingerprint density at radius 3 is 2.19 bits per heavy atom. The van der Waals surface area contributed by atoms with Crippen LogP contribution in [0, 0.1) is 0 Å². The van der Waals surface area contributed by atoms with E-state index in [0.717, 1.165) is 85.3 Å². The Balaban J connectivity index is 1.10. The van der Waals surface area contributed by atoms with Crippen LogP contribution in [0.1, 0.15) is 41.1 Å². The Morgan fingerprint density at radius 1 is 0.586 bits per heavy atom. The van der Waals surface area contributed by atoms with Crippen molar-refractivity contribution in [1.82, 2.24) is 5.32 Å². The molecule has 4 nitrogen and oxygen atoms in total. The number of nitrogens with zero attached hydrogens (tertiary/aromatic N) is 2. The zero-order chi connectivity index (χ0) is 38.4. The molecule has 0 saturated heterocycles. The number of para-hydroxylation sites is 1. The van der Waals surface area contributed by atoms with Gasteiger partial charge in [-0.3, -0.25) is 0 Å². The molecule has 0 fully saturated rings. The van der Waals surface area contributed by atoms with Crippen LogP contribution in [0.5, 0.6) is 0 Å². The molecule has 1 atom stereocenters. The van der Waals surface area contributed by atoms with Gasteiger partial charge in [0, 0.05) is 39.2 Å². The number of fused-ring (bicyclic) bond motifs is 6. The minimum atomic E-state index is -0.0967. The zero-order valence-corrected chi connectivity index (χ0v) is 31.8. The van der Waals surface area contributed by atoms with Gasteiger partial charge in [-0.2, -0.15) is 0 Å². The number of anilines is 3. The van der Waals surface area contributed by atoms with Crippen molar-refractivity contribution in [2.24, 2.45) is 4.99 Å². The summed E-state index contributed by atoms with van der Waals surface area (Å²) >= 11 is 0. The van der Waals surface area contributed by atoms with E-state index in [0.29, 0.717) is 0 Å². The van der Waals surface area contributed by atoms with Crippen LogP contribution in [0.2, 0.25) is 0 Å². The number of furan rings is 1. The lowest BCUT2D eigenvalue weighted by atomic mass is 9.93. The molecule has 58 heavy (non-hydrogen) atoms. The molecule has 1 aliphatic heterocycles. The van der Waals surface area contributed by atoms with Gasteiger partial charge in [0.05, 0.1) is 17.4 Å². The Morgan fingerprint density at radius 2 is 1.34 bits per heavy atom. The number of benzene rings is 8. The van der Waals surface area contributed by atoms with Crippen LogP contribution in [0.3, 0.4) is 0 Å². The molecule has 1 N–H and O–H groups in total. The monoisotopic (exact) mass is 745 g/mol. The van der Waals surface area contributed by atoms with E-state index >= 15 is 0 Å². The number of aliphatic imine (C=N–C) groups is 1. The van der Waals surface area contributed by atoms with Crippen LogP contribution in [-0.2, 0) is 0 Å². The standard InChI is InChI=1S/C54H39N3O/c1-4-16-36(17-5-1)39-22-14-23-41(32-39)48-34-47(38-19-6-2-7-20-38)55-54(56-48)46-28-15-29-50-53(46)52-45-27-13-12-26-44(45)49(35-51(52)58-50)57(42-24-8-3-9-25-42)43-31-30-37-18-10-11-21-40(37)33-43/h1-4,6-16,18-35,48H,5,17H2,(H,55,56). The molecule has 0 spiro atoms. The second kappa shape index (κ2) is 14.3. The molecule has 4 heteroatoms. The lowest BCUT2D eigenvalue weighted by Crippen LogP contribution is -2.31. The van der Waals surface area contributed by atoms with Crippen molar-refractivity contribution < 1.29 is 4.42 Å². The summed E-state index contributed by atoms with van der Waals surface area (Å²) in [5.74, 6) is 0.820. The summed E-state index contributed by atoms with van der Waals surface area (Å²) in [6.07, 6.45) is 11.0. The number of amidine groups is 1. The van der Waals surface area contributed by atoms with E-state index in [1.165, 1.54) is 27.5 Å². The van der Waals surface area contributed by atoms with E-state index in [9.17, 15) is 0 Å². The number of hydrogen-bond donors (Lipinski definition) is 1. The zero-order valence-electron chi connectivity index (χ0n) is 31.8. The van der Waals surface area contributed by atoms with Crippen LogP contribution in [0.4, 0.5) is 17.1 Å². The van der Waals surface area contributed by atoms with Crippen molar-refractivity contribution in [2.75, 3.05) is 4.90 Å². The van der Waals surface area contributed by atoms with Crippen LogP contribution in [0.25, 0.3) is 54.8 Å². The van der Waals surface area contributed by atoms with Gasteiger partial charge in [0.1, 0.15) is 17.0 Å². The fraction of sp³-hybridized carbons (Fsp3) is 0.0556. The third kappa shape index (κ3) is 5.98. The van der Waals surface area contributed by atoms with E-state index in [1.807, 2.05) is 0 Å². The van der Waals surface area contributed by atoms with Gasteiger partial charge in [-0.1, -0.05) is 152 Å². The maximum atomic E-state index is 6.89. The lowest BCUT2D eigenvalue weighted by molar-refractivity contribution is 0.669. The minimum absolute atomic E-state index is 0.0967. The summed E-state index contributed by atoms with van der Waals surface area (Å²) in [4.78, 5) is 7.72. The van der Waals surface area contributed by atoms with Crippen LogP contribution in [-0.4, -0.2) is 5.84 Å². The highest BCUT2D eigenvalue weighted by molar-refractivity contribution is 6.27. The first-order valence-electron chi connectivity index (χ1n) is 20.0. The summed E-state index contributed by atoms with van der Waals surface area (Å²) < 4.78 is 6.89. The summed E-state index contributed by atoms with van der Waals surface area (Å²) in [6.45, 7) is 0.